The highest BCUT2D eigenvalue weighted by Gasteiger charge is 2.19. The molecule has 3 rings (SSSR count). The lowest BCUT2D eigenvalue weighted by Gasteiger charge is -2.11. The highest BCUT2D eigenvalue weighted by Crippen LogP contribution is 2.33. The molecule has 0 spiro atoms. The number of aryl methyl sites for hydroxylation is 2. The van der Waals surface area contributed by atoms with Crippen LogP contribution in [0.4, 0.5) is 5.69 Å². The number of halogens is 2. The highest BCUT2D eigenvalue weighted by atomic mass is 79.9. The van der Waals surface area contributed by atoms with Crippen molar-refractivity contribution in [1.82, 2.24) is 0 Å². The number of carbonyl (C=O) groups is 1. The molecule has 6 heteroatoms. The molecule has 1 amide bonds. The minimum Gasteiger partial charge on any atom is -0.495 e. The SMILES string of the molecule is COc1cc(Cl)c(C)cc1NC(=O)c1oc2ccc(Br)cc2c1C. The topological polar surface area (TPSA) is 51.5 Å². The van der Waals surface area contributed by atoms with Crippen LogP contribution in [0, 0.1) is 13.8 Å². The van der Waals surface area contributed by atoms with Crippen molar-refractivity contribution >= 4 is 50.1 Å². The van der Waals surface area contributed by atoms with E-state index in [2.05, 4.69) is 21.2 Å². The second-order valence-corrected chi connectivity index (χ2v) is 6.78. The van der Waals surface area contributed by atoms with E-state index >= 15 is 0 Å². The first-order valence-corrected chi connectivity index (χ1v) is 8.42. The number of benzene rings is 2. The zero-order valence-electron chi connectivity index (χ0n) is 13.4. The smallest absolute Gasteiger partial charge is 0.291 e. The Bertz CT molecular complexity index is 949. The Morgan fingerprint density at radius 3 is 2.71 bits per heavy atom. The average molecular weight is 409 g/mol. The minimum atomic E-state index is -0.333. The molecule has 0 aliphatic rings. The van der Waals surface area contributed by atoms with E-state index in [1.807, 2.05) is 32.0 Å². The summed E-state index contributed by atoms with van der Waals surface area (Å²) in [5.41, 5.74) is 2.84. The molecule has 24 heavy (non-hydrogen) atoms. The van der Waals surface area contributed by atoms with Gasteiger partial charge < -0.3 is 14.5 Å². The molecule has 0 aliphatic carbocycles. The van der Waals surface area contributed by atoms with Crippen LogP contribution in [-0.2, 0) is 0 Å². The number of ether oxygens (including phenoxy) is 1. The largest absolute Gasteiger partial charge is 0.495 e. The number of furan rings is 1. The summed E-state index contributed by atoms with van der Waals surface area (Å²) in [6, 6.07) is 9.08. The molecule has 2 aromatic carbocycles. The van der Waals surface area contributed by atoms with Crippen LogP contribution < -0.4 is 10.1 Å². The predicted octanol–water partition coefficient (Wildman–Crippen LogP) is 5.73. The Hall–Kier alpha value is -1.98. The summed E-state index contributed by atoms with van der Waals surface area (Å²) in [6.45, 7) is 3.72. The van der Waals surface area contributed by atoms with Crippen LogP contribution in [-0.4, -0.2) is 13.0 Å². The van der Waals surface area contributed by atoms with Gasteiger partial charge in [-0.15, -0.1) is 0 Å². The van der Waals surface area contributed by atoms with Gasteiger partial charge in [-0.1, -0.05) is 27.5 Å². The fourth-order valence-corrected chi connectivity index (χ4v) is 3.03. The fraction of sp³-hybridized carbons (Fsp3) is 0.167. The molecular weight excluding hydrogens is 394 g/mol. The van der Waals surface area contributed by atoms with Gasteiger partial charge in [0, 0.05) is 26.5 Å². The number of amides is 1. The summed E-state index contributed by atoms with van der Waals surface area (Å²) in [5, 5.41) is 4.31. The van der Waals surface area contributed by atoms with Gasteiger partial charge in [-0.2, -0.15) is 0 Å². The van der Waals surface area contributed by atoms with E-state index in [1.165, 1.54) is 7.11 Å². The van der Waals surface area contributed by atoms with Crippen molar-refractivity contribution in [3.63, 3.8) is 0 Å². The van der Waals surface area contributed by atoms with Crippen molar-refractivity contribution < 1.29 is 13.9 Å². The molecule has 1 aromatic heterocycles. The molecule has 1 N–H and O–H groups in total. The van der Waals surface area contributed by atoms with E-state index in [-0.39, 0.29) is 11.7 Å². The third-order valence-electron chi connectivity index (χ3n) is 3.83. The molecule has 0 radical (unpaired) electrons. The van der Waals surface area contributed by atoms with E-state index in [4.69, 9.17) is 20.8 Å². The van der Waals surface area contributed by atoms with Crippen molar-refractivity contribution in [3.8, 4) is 5.75 Å². The van der Waals surface area contributed by atoms with E-state index < -0.39 is 0 Å². The maximum atomic E-state index is 12.6. The lowest BCUT2D eigenvalue weighted by molar-refractivity contribution is 0.0997. The molecule has 4 nitrogen and oxygen atoms in total. The van der Waals surface area contributed by atoms with Crippen LogP contribution in [0.25, 0.3) is 11.0 Å². The molecule has 0 saturated heterocycles. The number of hydrogen-bond donors (Lipinski definition) is 1. The van der Waals surface area contributed by atoms with Crippen LogP contribution in [0.1, 0.15) is 21.7 Å². The standard InChI is InChI=1S/C18H15BrClNO3/c1-9-6-14(16(23-3)8-13(9)20)21-18(22)17-10(2)12-7-11(19)4-5-15(12)24-17/h4-8H,1-3H3,(H,21,22). The number of fused-ring (bicyclic) bond motifs is 1. The zero-order valence-corrected chi connectivity index (χ0v) is 15.7. The number of methoxy groups -OCH3 is 1. The van der Waals surface area contributed by atoms with Crippen molar-refractivity contribution in [3.05, 3.63) is 56.7 Å². The van der Waals surface area contributed by atoms with Crippen LogP contribution in [0.5, 0.6) is 5.75 Å². The van der Waals surface area contributed by atoms with Gasteiger partial charge in [0.2, 0.25) is 0 Å². The Morgan fingerprint density at radius 2 is 2.00 bits per heavy atom. The van der Waals surface area contributed by atoms with Crippen molar-refractivity contribution in [2.24, 2.45) is 0 Å². The van der Waals surface area contributed by atoms with Crippen molar-refractivity contribution in [2.75, 3.05) is 12.4 Å². The normalized spacial score (nSPS) is 10.9. The van der Waals surface area contributed by atoms with E-state index in [0.29, 0.717) is 22.0 Å². The number of hydrogen-bond acceptors (Lipinski definition) is 3. The molecule has 0 saturated carbocycles. The van der Waals surface area contributed by atoms with Gasteiger partial charge in [-0.3, -0.25) is 4.79 Å². The fourth-order valence-electron chi connectivity index (χ4n) is 2.52. The lowest BCUT2D eigenvalue weighted by Crippen LogP contribution is -2.13. The van der Waals surface area contributed by atoms with Crippen molar-refractivity contribution in [1.29, 1.82) is 0 Å². The molecule has 0 bridgehead atoms. The highest BCUT2D eigenvalue weighted by molar-refractivity contribution is 9.10. The molecule has 124 valence electrons. The van der Waals surface area contributed by atoms with E-state index in [9.17, 15) is 4.79 Å². The molecular formula is C18H15BrClNO3. The third kappa shape index (κ3) is 3.01. The quantitative estimate of drug-likeness (QED) is 0.602. The first kappa shape index (κ1) is 16.9. The van der Waals surface area contributed by atoms with Gasteiger partial charge in [-0.25, -0.2) is 0 Å². The molecule has 0 fully saturated rings. The number of carbonyl (C=O) groups excluding carboxylic acids is 1. The van der Waals surface area contributed by atoms with Crippen LogP contribution >= 0.6 is 27.5 Å². The Kier molecular flexibility index (Phi) is 4.56. The predicted molar refractivity (Wildman–Crippen MR) is 99.3 cm³/mol. The van der Waals surface area contributed by atoms with Gasteiger partial charge >= 0.3 is 0 Å². The van der Waals surface area contributed by atoms with E-state index in [1.54, 1.807) is 12.1 Å². The van der Waals surface area contributed by atoms with Crippen molar-refractivity contribution in [2.45, 2.75) is 13.8 Å². The van der Waals surface area contributed by atoms with Crippen LogP contribution in [0.15, 0.2) is 39.2 Å². The Balaban J connectivity index is 1.99. The monoisotopic (exact) mass is 407 g/mol. The summed E-state index contributed by atoms with van der Waals surface area (Å²) in [4.78, 5) is 12.6. The number of rotatable bonds is 3. The Labute approximate surface area is 152 Å². The summed E-state index contributed by atoms with van der Waals surface area (Å²) in [5.74, 6) is 0.438. The summed E-state index contributed by atoms with van der Waals surface area (Å²) < 4.78 is 11.9. The first-order chi connectivity index (χ1) is 11.4. The first-order valence-electron chi connectivity index (χ1n) is 7.25. The van der Waals surface area contributed by atoms with Crippen LogP contribution in [0.2, 0.25) is 5.02 Å². The molecule has 0 unspecified atom stereocenters. The maximum absolute atomic E-state index is 12.6. The van der Waals surface area contributed by atoms with Gasteiger partial charge in [-0.05, 0) is 43.7 Å². The number of anilines is 1. The third-order valence-corrected chi connectivity index (χ3v) is 4.73. The molecule has 0 atom stereocenters. The summed E-state index contributed by atoms with van der Waals surface area (Å²) >= 11 is 9.52. The number of nitrogens with one attached hydrogen (secondary N) is 1. The molecule has 0 aliphatic heterocycles. The van der Waals surface area contributed by atoms with Gasteiger partial charge in [0.05, 0.1) is 12.8 Å². The summed E-state index contributed by atoms with van der Waals surface area (Å²) in [6.07, 6.45) is 0. The molecule has 1 heterocycles. The van der Waals surface area contributed by atoms with E-state index in [0.717, 1.165) is 21.0 Å². The summed E-state index contributed by atoms with van der Waals surface area (Å²) in [7, 11) is 1.53. The maximum Gasteiger partial charge on any atom is 0.291 e. The average Bonchev–Trinajstić information content (AvgIpc) is 2.87. The Morgan fingerprint density at radius 1 is 1.25 bits per heavy atom. The van der Waals surface area contributed by atoms with Gasteiger partial charge in [0.15, 0.2) is 5.76 Å². The minimum absolute atomic E-state index is 0.276. The van der Waals surface area contributed by atoms with Crippen LogP contribution in [0.3, 0.4) is 0 Å². The van der Waals surface area contributed by atoms with Gasteiger partial charge in [0.1, 0.15) is 11.3 Å². The second-order valence-electron chi connectivity index (χ2n) is 5.45. The lowest BCUT2D eigenvalue weighted by atomic mass is 10.1. The second kappa shape index (κ2) is 6.49. The molecule has 3 aromatic rings. The zero-order chi connectivity index (χ0) is 17.4. The van der Waals surface area contributed by atoms with Gasteiger partial charge in [0.25, 0.3) is 5.91 Å².